The van der Waals surface area contributed by atoms with Crippen molar-refractivity contribution in [2.24, 2.45) is 0 Å². The third-order valence-electron chi connectivity index (χ3n) is 2.70. The highest BCUT2D eigenvalue weighted by atomic mass is 17.1. The first-order chi connectivity index (χ1) is 9.74. The number of allylic oxidation sites excluding steroid dienone is 1. The van der Waals surface area contributed by atoms with Gasteiger partial charge >= 0.3 is 0 Å². The molecule has 0 aromatic heterocycles. The molecule has 0 heterocycles. The maximum absolute atomic E-state index is 9.07. The molecule has 0 fully saturated rings. The summed E-state index contributed by atoms with van der Waals surface area (Å²) in [5, 5.41) is 17.8. The molecular formula is C17H24O3. The highest BCUT2D eigenvalue weighted by Gasteiger charge is 2.03. The number of hydrogen-bond donors (Lipinski definition) is 2. The Morgan fingerprint density at radius 3 is 2.60 bits per heavy atom. The summed E-state index contributed by atoms with van der Waals surface area (Å²) in [6.07, 6.45) is 10.1. The highest BCUT2D eigenvalue weighted by molar-refractivity contribution is 5.32. The third-order valence-corrected chi connectivity index (χ3v) is 2.70. The third kappa shape index (κ3) is 11.6. The molecule has 0 saturated heterocycles. The highest BCUT2D eigenvalue weighted by Crippen LogP contribution is 2.09. The average molecular weight is 276 g/mol. The lowest BCUT2D eigenvalue weighted by atomic mass is 10.1. The second-order valence-electron chi connectivity index (χ2n) is 4.43. The number of aliphatic hydroxyl groups excluding tert-OH is 1. The van der Waals surface area contributed by atoms with E-state index in [9.17, 15) is 0 Å². The molecule has 0 saturated carbocycles. The molecule has 110 valence electrons. The van der Waals surface area contributed by atoms with Crippen LogP contribution in [0.4, 0.5) is 0 Å². The van der Waals surface area contributed by atoms with Crippen LogP contribution in [0, 0.1) is 23.7 Å². The first kappa shape index (κ1) is 18.5. The molecule has 2 N–H and O–H groups in total. The zero-order valence-corrected chi connectivity index (χ0v) is 12.1. The first-order valence-electron chi connectivity index (χ1n) is 7.03. The van der Waals surface area contributed by atoms with E-state index in [2.05, 4.69) is 42.1 Å². The van der Waals surface area contributed by atoms with Crippen molar-refractivity contribution in [3.8, 4) is 23.7 Å². The molecule has 0 aromatic carbocycles. The number of aliphatic hydroxyl groups is 1. The minimum atomic E-state index is -0.843. The summed E-state index contributed by atoms with van der Waals surface area (Å²) in [5.74, 6) is 10.3. The van der Waals surface area contributed by atoms with E-state index in [-0.39, 0.29) is 6.10 Å². The maximum Gasteiger partial charge on any atom is 0.134 e. The van der Waals surface area contributed by atoms with Crippen LogP contribution >= 0.6 is 0 Å². The molecule has 2 atom stereocenters. The van der Waals surface area contributed by atoms with Crippen molar-refractivity contribution in [2.75, 3.05) is 0 Å². The predicted molar refractivity (Wildman–Crippen MR) is 81.8 cm³/mol. The monoisotopic (exact) mass is 276 g/mol. The Bertz CT molecular complexity index is 390. The van der Waals surface area contributed by atoms with Crippen molar-refractivity contribution >= 4 is 0 Å². The van der Waals surface area contributed by atoms with Gasteiger partial charge in [0, 0.05) is 0 Å². The summed E-state index contributed by atoms with van der Waals surface area (Å²) >= 11 is 0. The van der Waals surface area contributed by atoms with E-state index >= 15 is 0 Å². The predicted octanol–water partition coefficient (Wildman–Crippen LogP) is 3.32. The van der Waals surface area contributed by atoms with E-state index < -0.39 is 6.10 Å². The van der Waals surface area contributed by atoms with Crippen LogP contribution in [0.5, 0.6) is 0 Å². The topological polar surface area (TPSA) is 49.7 Å². The fraction of sp³-hybridized carbons (Fsp3) is 0.529. The Morgan fingerprint density at radius 2 is 1.95 bits per heavy atom. The standard InChI is InChI=1S/C17H24O3/c1-3-5-6-7-11-14-17(20-19)15-12-9-8-10-13-16(18)4-2/h4,12,15-19H,2-3,5-7,11,14H2,1H3/b15-12+/t16-,17+/m0/s1. The Labute approximate surface area is 122 Å². The van der Waals surface area contributed by atoms with Crippen molar-refractivity contribution in [2.45, 2.75) is 57.7 Å². The van der Waals surface area contributed by atoms with Gasteiger partial charge in [0.25, 0.3) is 0 Å². The van der Waals surface area contributed by atoms with Gasteiger partial charge in [-0.2, -0.15) is 0 Å². The zero-order chi connectivity index (χ0) is 15.1. The number of unbranched alkanes of at least 4 members (excludes halogenated alkanes) is 4. The zero-order valence-electron chi connectivity index (χ0n) is 12.1. The summed E-state index contributed by atoms with van der Waals surface area (Å²) in [5.41, 5.74) is 0. The molecule has 0 aliphatic rings. The van der Waals surface area contributed by atoms with Crippen molar-refractivity contribution in [1.29, 1.82) is 0 Å². The van der Waals surface area contributed by atoms with E-state index in [0.29, 0.717) is 0 Å². The van der Waals surface area contributed by atoms with E-state index in [4.69, 9.17) is 10.4 Å². The van der Waals surface area contributed by atoms with E-state index in [1.165, 1.54) is 25.3 Å². The molecule has 0 bridgehead atoms. The molecule has 0 amide bonds. The normalized spacial score (nSPS) is 12.9. The SMILES string of the molecule is C=C[C@H](O)C#CC#C/C=C/[C@@H](CCCCCCC)OO. The second kappa shape index (κ2) is 13.9. The molecule has 0 aliphatic carbocycles. The molecule has 0 rings (SSSR count). The van der Waals surface area contributed by atoms with Crippen LogP contribution in [0.25, 0.3) is 0 Å². The van der Waals surface area contributed by atoms with E-state index in [1.807, 2.05) is 0 Å². The second-order valence-corrected chi connectivity index (χ2v) is 4.43. The van der Waals surface area contributed by atoms with Crippen LogP contribution in [0.15, 0.2) is 24.8 Å². The van der Waals surface area contributed by atoms with Gasteiger partial charge in [-0.05, 0) is 30.4 Å². The molecule has 0 aromatic rings. The smallest absolute Gasteiger partial charge is 0.134 e. The summed E-state index contributed by atoms with van der Waals surface area (Å²) in [7, 11) is 0. The first-order valence-corrected chi connectivity index (χ1v) is 7.03. The van der Waals surface area contributed by atoms with Gasteiger partial charge in [0.15, 0.2) is 0 Å². The minimum Gasteiger partial charge on any atom is -0.377 e. The van der Waals surface area contributed by atoms with Gasteiger partial charge < -0.3 is 5.11 Å². The van der Waals surface area contributed by atoms with Crippen molar-refractivity contribution < 1.29 is 15.3 Å². The molecule has 0 spiro atoms. The van der Waals surface area contributed by atoms with Crippen molar-refractivity contribution in [1.82, 2.24) is 0 Å². The van der Waals surface area contributed by atoms with Crippen LogP contribution in [0.1, 0.15) is 45.4 Å². The van der Waals surface area contributed by atoms with Crippen LogP contribution < -0.4 is 0 Å². The van der Waals surface area contributed by atoms with E-state index in [0.717, 1.165) is 19.3 Å². The average Bonchev–Trinajstić information content (AvgIpc) is 2.47. The van der Waals surface area contributed by atoms with Gasteiger partial charge in [-0.3, -0.25) is 5.26 Å². The van der Waals surface area contributed by atoms with Gasteiger partial charge in [0.05, 0.1) is 0 Å². The van der Waals surface area contributed by atoms with Crippen molar-refractivity contribution in [3.05, 3.63) is 24.8 Å². The summed E-state index contributed by atoms with van der Waals surface area (Å²) < 4.78 is 0. The molecule has 20 heavy (non-hydrogen) atoms. The Balaban J connectivity index is 3.97. The minimum absolute atomic E-state index is 0.322. The molecule has 0 unspecified atom stereocenters. The lowest BCUT2D eigenvalue weighted by Gasteiger charge is -2.07. The fourth-order valence-electron chi connectivity index (χ4n) is 1.54. The molecular weight excluding hydrogens is 252 g/mol. The molecule has 0 radical (unpaired) electrons. The van der Waals surface area contributed by atoms with Gasteiger partial charge in [-0.15, -0.1) is 0 Å². The summed E-state index contributed by atoms with van der Waals surface area (Å²) in [6, 6.07) is 0. The van der Waals surface area contributed by atoms with Crippen LogP contribution in [0.3, 0.4) is 0 Å². The van der Waals surface area contributed by atoms with Crippen molar-refractivity contribution in [3.63, 3.8) is 0 Å². The van der Waals surface area contributed by atoms with Gasteiger partial charge in [-0.25, -0.2) is 4.89 Å². The quantitative estimate of drug-likeness (QED) is 0.223. The summed E-state index contributed by atoms with van der Waals surface area (Å²) in [4.78, 5) is 4.38. The largest absolute Gasteiger partial charge is 0.377 e. The van der Waals surface area contributed by atoms with E-state index in [1.54, 1.807) is 12.2 Å². The molecule has 3 nitrogen and oxygen atoms in total. The maximum atomic E-state index is 9.07. The van der Waals surface area contributed by atoms with Gasteiger partial charge in [0.1, 0.15) is 12.2 Å². The Kier molecular flexibility index (Phi) is 12.8. The van der Waals surface area contributed by atoms with Crippen LogP contribution in [-0.4, -0.2) is 22.6 Å². The molecule has 3 heteroatoms. The fourth-order valence-corrected chi connectivity index (χ4v) is 1.54. The lowest BCUT2D eigenvalue weighted by Crippen LogP contribution is -2.06. The lowest BCUT2D eigenvalue weighted by molar-refractivity contribution is -0.267. The Morgan fingerprint density at radius 1 is 1.20 bits per heavy atom. The Hall–Kier alpha value is -1.52. The number of rotatable bonds is 9. The number of hydrogen-bond acceptors (Lipinski definition) is 3. The van der Waals surface area contributed by atoms with Crippen LogP contribution in [0.2, 0.25) is 0 Å². The van der Waals surface area contributed by atoms with Crippen LogP contribution in [-0.2, 0) is 4.89 Å². The molecule has 0 aliphatic heterocycles. The van der Waals surface area contributed by atoms with Gasteiger partial charge in [-0.1, -0.05) is 63.5 Å². The van der Waals surface area contributed by atoms with Gasteiger partial charge in [0.2, 0.25) is 0 Å². The summed E-state index contributed by atoms with van der Waals surface area (Å²) in [6.45, 7) is 5.58.